The number of carbonyl (C=O) groups excluding carboxylic acids is 1. The molecule has 5 atom stereocenters. The Kier molecular flexibility index (Phi) is 11.4. The van der Waals surface area contributed by atoms with Crippen LogP contribution in [-0.4, -0.2) is 91.6 Å². The number of carboxylic acids is 1. The Balaban J connectivity index is 1.44. The minimum absolute atomic E-state index is 0.0545. The molecule has 1 fully saturated rings. The number of imidazole rings is 1. The number of aliphatic hydroxyl groups excluding tert-OH is 1. The Labute approximate surface area is 321 Å². The third-order valence-electron chi connectivity index (χ3n) is 9.66. The molecular formula is C40H49N7O7Si. The van der Waals surface area contributed by atoms with Gasteiger partial charge in [-0.05, 0) is 41.7 Å². The van der Waals surface area contributed by atoms with Crippen molar-refractivity contribution in [3.8, 4) is 0 Å². The number of carbonyl (C=O) groups is 2. The fourth-order valence-corrected chi connectivity index (χ4v) is 11.7. The van der Waals surface area contributed by atoms with Gasteiger partial charge in [-0.1, -0.05) is 112 Å². The SMILES string of the molecule is CC(C)(C)OC(=O)N(N[C@H]1[C@@H](O)[C@H](n2cnc3c(N)ncnc32)O[C@@H]1CO[Si](c1ccccc1)(c1ccccc1)C(C)(C)C)[C@@H](Cc1ccccc1)C(=O)O. The van der Waals surface area contributed by atoms with Gasteiger partial charge in [0.1, 0.15) is 29.7 Å². The highest BCUT2D eigenvalue weighted by molar-refractivity contribution is 6.99. The molecule has 1 aliphatic heterocycles. The van der Waals surface area contributed by atoms with E-state index in [1.54, 1.807) is 49.6 Å². The van der Waals surface area contributed by atoms with Crippen molar-refractivity contribution in [3.63, 3.8) is 0 Å². The summed E-state index contributed by atoms with van der Waals surface area (Å²) in [7, 11) is -3.14. The van der Waals surface area contributed by atoms with Gasteiger partial charge < -0.3 is 29.8 Å². The number of ether oxygens (including phenoxy) is 2. The summed E-state index contributed by atoms with van der Waals surface area (Å²) in [5.41, 5.74) is 9.55. The van der Waals surface area contributed by atoms with Gasteiger partial charge in [-0.2, -0.15) is 0 Å². The van der Waals surface area contributed by atoms with Gasteiger partial charge in [0.15, 0.2) is 23.7 Å². The Bertz CT molecular complexity index is 2030. The van der Waals surface area contributed by atoms with E-state index in [0.29, 0.717) is 16.7 Å². The first-order valence-corrected chi connectivity index (χ1v) is 20.1. The molecule has 5 N–H and O–H groups in total. The van der Waals surface area contributed by atoms with Crippen LogP contribution in [0.4, 0.5) is 10.6 Å². The molecular weight excluding hydrogens is 719 g/mol. The lowest BCUT2D eigenvalue weighted by Crippen LogP contribution is -2.68. The van der Waals surface area contributed by atoms with Crippen LogP contribution < -0.4 is 21.5 Å². The largest absolute Gasteiger partial charge is 0.480 e. The first kappa shape index (κ1) is 39.5. The van der Waals surface area contributed by atoms with Gasteiger partial charge in [-0.25, -0.2) is 35.0 Å². The lowest BCUT2D eigenvalue weighted by molar-refractivity contribution is -0.145. The maximum atomic E-state index is 14.0. The molecule has 0 saturated carbocycles. The first-order chi connectivity index (χ1) is 26.1. The van der Waals surface area contributed by atoms with Gasteiger partial charge in [0.05, 0.1) is 19.0 Å². The van der Waals surface area contributed by atoms with E-state index in [1.165, 1.54) is 12.7 Å². The molecule has 5 aromatic rings. The molecule has 3 aromatic carbocycles. The highest BCUT2D eigenvalue weighted by atomic mass is 28.4. The number of rotatable bonds is 12. The molecule has 0 radical (unpaired) electrons. The number of hydrogen-bond acceptors (Lipinski definition) is 11. The molecule has 290 valence electrons. The van der Waals surface area contributed by atoms with Gasteiger partial charge in [-0.3, -0.25) is 4.57 Å². The van der Waals surface area contributed by atoms with E-state index in [9.17, 15) is 19.8 Å². The topological polar surface area (TPSA) is 187 Å². The van der Waals surface area contributed by atoms with E-state index >= 15 is 0 Å². The normalized spacial score (nSPS) is 19.6. The average molecular weight is 768 g/mol. The van der Waals surface area contributed by atoms with Gasteiger partial charge in [0.2, 0.25) is 0 Å². The zero-order valence-corrected chi connectivity index (χ0v) is 32.9. The number of aliphatic hydroxyl groups is 1. The highest BCUT2D eigenvalue weighted by Crippen LogP contribution is 2.39. The number of amides is 1. The summed E-state index contributed by atoms with van der Waals surface area (Å²) in [4.78, 5) is 39.8. The van der Waals surface area contributed by atoms with Crippen molar-refractivity contribution < 1.29 is 33.7 Å². The van der Waals surface area contributed by atoms with E-state index < -0.39 is 61.5 Å². The number of nitrogens with two attached hydrogens (primary N) is 1. The van der Waals surface area contributed by atoms with Crippen molar-refractivity contribution in [3.05, 3.63) is 109 Å². The molecule has 2 aromatic heterocycles. The van der Waals surface area contributed by atoms with Gasteiger partial charge in [-0.15, -0.1) is 0 Å². The minimum Gasteiger partial charge on any atom is -0.480 e. The molecule has 3 heterocycles. The smallest absolute Gasteiger partial charge is 0.425 e. The van der Waals surface area contributed by atoms with Crippen LogP contribution in [0, 0.1) is 0 Å². The zero-order chi connectivity index (χ0) is 39.5. The van der Waals surface area contributed by atoms with E-state index in [4.69, 9.17) is 19.6 Å². The molecule has 0 spiro atoms. The third-order valence-corrected chi connectivity index (χ3v) is 14.7. The Morgan fingerprint density at radius 1 is 0.927 bits per heavy atom. The molecule has 1 saturated heterocycles. The number of aliphatic carboxylic acids is 1. The second-order valence-electron chi connectivity index (χ2n) is 15.7. The summed E-state index contributed by atoms with van der Waals surface area (Å²) >= 11 is 0. The molecule has 55 heavy (non-hydrogen) atoms. The Hall–Kier alpha value is -5.19. The number of fused-ring (bicyclic) bond motifs is 1. The third kappa shape index (κ3) is 8.26. The lowest BCUT2D eigenvalue weighted by Gasteiger charge is -2.44. The molecule has 15 heteroatoms. The predicted molar refractivity (Wildman–Crippen MR) is 210 cm³/mol. The zero-order valence-electron chi connectivity index (χ0n) is 31.9. The number of benzene rings is 3. The molecule has 14 nitrogen and oxygen atoms in total. The second kappa shape index (κ2) is 15.9. The highest BCUT2D eigenvalue weighted by Gasteiger charge is 2.53. The average Bonchev–Trinajstić information content (AvgIpc) is 3.71. The van der Waals surface area contributed by atoms with Crippen LogP contribution in [0.15, 0.2) is 104 Å². The molecule has 0 aliphatic carbocycles. The maximum Gasteiger partial charge on any atom is 0.425 e. The van der Waals surface area contributed by atoms with Crippen molar-refractivity contribution in [1.29, 1.82) is 0 Å². The number of nitrogens with one attached hydrogen (secondary N) is 1. The van der Waals surface area contributed by atoms with E-state index in [-0.39, 0.29) is 18.8 Å². The molecule has 1 amide bonds. The maximum absolute atomic E-state index is 14.0. The monoisotopic (exact) mass is 767 g/mol. The number of hydrogen-bond donors (Lipinski definition) is 4. The number of nitrogens with zero attached hydrogens (tertiary/aromatic N) is 5. The quantitative estimate of drug-likeness (QED) is 0.106. The van der Waals surface area contributed by atoms with E-state index in [0.717, 1.165) is 15.4 Å². The summed E-state index contributed by atoms with van der Waals surface area (Å²) in [6.07, 6.45) is -1.70. The second-order valence-corrected chi connectivity index (χ2v) is 20.0. The van der Waals surface area contributed by atoms with Crippen molar-refractivity contribution >= 4 is 47.7 Å². The number of anilines is 1. The van der Waals surface area contributed by atoms with Crippen molar-refractivity contribution in [2.45, 2.75) is 89.1 Å². The van der Waals surface area contributed by atoms with Crippen molar-refractivity contribution in [1.82, 2.24) is 30.0 Å². The first-order valence-electron chi connectivity index (χ1n) is 18.2. The minimum atomic E-state index is -3.14. The van der Waals surface area contributed by atoms with E-state index in [2.05, 4.69) is 65.4 Å². The number of nitrogen functional groups attached to an aromatic ring is 1. The summed E-state index contributed by atoms with van der Waals surface area (Å²) < 4.78 is 21.3. The summed E-state index contributed by atoms with van der Waals surface area (Å²) in [5.74, 6) is -1.13. The lowest BCUT2D eigenvalue weighted by atomic mass is 10.0. The molecule has 1 aliphatic rings. The van der Waals surface area contributed by atoms with Crippen molar-refractivity contribution in [2.75, 3.05) is 12.3 Å². The molecule has 0 bridgehead atoms. The van der Waals surface area contributed by atoms with Crippen molar-refractivity contribution in [2.24, 2.45) is 0 Å². The summed E-state index contributed by atoms with van der Waals surface area (Å²) in [6.45, 7) is 11.5. The van der Waals surface area contributed by atoms with Crippen LogP contribution >= 0.6 is 0 Å². The predicted octanol–water partition coefficient (Wildman–Crippen LogP) is 4.05. The Morgan fingerprint density at radius 3 is 2.05 bits per heavy atom. The molecule has 6 rings (SSSR count). The van der Waals surface area contributed by atoms with Crippen LogP contribution in [0.5, 0.6) is 0 Å². The molecule has 0 unspecified atom stereocenters. The van der Waals surface area contributed by atoms with Crippen LogP contribution in [0.25, 0.3) is 11.2 Å². The van der Waals surface area contributed by atoms with Crippen LogP contribution in [-0.2, 0) is 25.1 Å². The summed E-state index contributed by atoms with van der Waals surface area (Å²) in [6, 6.07) is 26.6. The van der Waals surface area contributed by atoms with Crippen LogP contribution in [0.1, 0.15) is 53.3 Å². The summed E-state index contributed by atoms with van der Waals surface area (Å²) in [5, 5.41) is 25.5. The standard InChI is InChI=1S/C40H49N7O7Si/c1-39(2,3)54-38(51)47(29(37(49)50)22-26-16-10-7-11-17-26)45-31-30(53-36(33(31)48)46-25-44-32-34(41)42-24-43-35(32)46)23-52-55(40(4,5)6,27-18-12-8-13-19-27)28-20-14-9-15-21-28/h7-21,24-25,29-31,33,36,45,48H,22-23H2,1-6H3,(H,49,50)(H2,41,42,43)/t29-,30+,31+,33+,36+/m0/s1. The number of aromatic nitrogens is 4. The van der Waals surface area contributed by atoms with Gasteiger partial charge >= 0.3 is 12.1 Å². The van der Waals surface area contributed by atoms with Gasteiger partial charge in [0.25, 0.3) is 8.32 Å². The Morgan fingerprint density at radius 2 is 1.51 bits per heavy atom. The number of carboxylic acid groups (broad SMARTS) is 1. The fourth-order valence-electron chi connectivity index (χ4n) is 7.17. The fraction of sp³-hybridized carbons (Fsp3) is 0.375. The van der Waals surface area contributed by atoms with Crippen LogP contribution in [0.2, 0.25) is 5.04 Å². The number of hydrazine groups is 1. The van der Waals surface area contributed by atoms with Gasteiger partial charge in [0, 0.05) is 6.42 Å². The van der Waals surface area contributed by atoms with Crippen LogP contribution in [0.3, 0.4) is 0 Å². The van der Waals surface area contributed by atoms with E-state index in [1.807, 2.05) is 42.5 Å².